The van der Waals surface area contributed by atoms with Crippen LogP contribution in [-0.2, 0) is 4.79 Å². The first-order valence-corrected chi connectivity index (χ1v) is 7.32. The number of hydrogen-bond donors (Lipinski definition) is 1. The van der Waals surface area contributed by atoms with Gasteiger partial charge in [0, 0.05) is 31.0 Å². The molecule has 6 nitrogen and oxygen atoms in total. The first-order valence-electron chi connectivity index (χ1n) is 7.32. The summed E-state index contributed by atoms with van der Waals surface area (Å²) in [6.07, 6.45) is 3.83. The van der Waals surface area contributed by atoms with E-state index >= 15 is 0 Å². The van der Waals surface area contributed by atoms with Crippen molar-refractivity contribution in [3.63, 3.8) is 0 Å². The topological polar surface area (TPSA) is 79.4 Å². The maximum absolute atomic E-state index is 12.2. The molecule has 0 saturated heterocycles. The summed E-state index contributed by atoms with van der Waals surface area (Å²) in [5, 5.41) is 2.74. The van der Waals surface area contributed by atoms with Crippen molar-refractivity contribution < 1.29 is 14.4 Å². The smallest absolute Gasteiger partial charge is 0.261 e. The van der Waals surface area contributed by atoms with Crippen LogP contribution in [0.4, 0.5) is 5.69 Å². The van der Waals surface area contributed by atoms with Gasteiger partial charge in [-0.25, -0.2) is 0 Å². The first kappa shape index (κ1) is 14.9. The summed E-state index contributed by atoms with van der Waals surface area (Å²) in [6, 6.07) is 10.1. The van der Waals surface area contributed by atoms with Gasteiger partial charge in [-0.15, -0.1) is 0 Å². The molecule has 0 atom stereocenters. The molecule has 1 aromatic carbocycles. The van der Waals surface area contributed by atoms with Gasteiger partial charge in [0.15, 0.2) is 0 Å². The molecule has 0 radical (unpaired) electrons. The Morgan fingerprint density at radius 3 is 2.22 bits per heavy atom. The number of carbonyl (C=O) groups is 3. The van der Waals surface area contributed by atoms with Crippen LogP contribution >= 0.6 is 0 Å². The minimum Gasteiger partial charge on any atom is -0.326 e. The van der Waals surface area contributed by atoms with E-state index in [1.807, 2.05) is 0 Å². The highest BCUT2D eigenvalue weighted by Gasteiger charge is 2.34. The lowest BCUT2D eigenvalue weighted by molar-refractivity contribution is -0.116. The van der Waals surface area contributed by atoms with Gasteiger partial charge in [-0.2, -0.15) is 0 Å². The van der Waals surface area contributed by atoms with Gasteiger partial charge in [-0.3, -0.25) is 24.3 Å². The van der Waals surface area contributed by atoms with Crippen LogP contribution in [0.1, 0.15) is 33.6 Å². The number of anilines is 1. The highest BCUT2D eigenvalue weighted by Crippen LogP contribution is 2.22. The fourth-order valence-corrected chi connectivity index (χ4v) is 2.50. The third-order valence-electron chi connectivity index (χ3n) is 3.63. The number of amides is 3. The van der Waals surface area contributed by atoms with Crippen LogP contribution in [0.15, 0.2) is 48.8 Å². The summed E-state index contributed by atoms with van der Waals surface area (Å²) in [7, 11) is 0. The number of hydrogen-bond acceptors (Lipinski definition) is 4. The molecule has 1 aliphatic rings. The molecule has 1 N–H and O–H groups in total. The number of nitrogens with zero attached hydrogens (tertiary/aromatic N) is 2. The molecule has 1 aliphatic heterocycles. The van der Waals surface area contributed by atoms with Crippen LogP contribution in [0.25, 0.3) is 0 Å². The van der Waals surface area contributed by atoms with Crippen LogP contribution in [0.2, 0.25) is 0 Å². The van der Waals surface area contributed by atoms with E-state index in [-0.39, 0.29) is 30.7 Å². The van der Waals surface area contributed by atoms with E-state index in [0.717, 1.165) is 0 Å². The number of fused-ring (bicyclic) bond motifs is 1. The molecule has 3 amide bonds. The van der Waals surface area contributed by atoms with Gasteiger partial charge >= 0.3 is 0 Å². The molecule has 0 saturated carbocycles. The number of nitrogens with one attached hydrogen (secondary N) is 1. The van der Waals surface area contributed by atoms with E-state index in [1.54, 1.807) is 48.8 Å². The van der Waals surface area contributed by atoms with Crippen LogP contribution < -0.4 is 5.32 Å². The molecule has 23 heavy (non-hydrogen) atoms. The highest BCUT2D eigenvalue weighted by molar-refractivity contribution is 6.21. The molecule has 116 valence electrons. The summed E-state index contributed by atoms with van der Waals surface area (Å²) in [4.78, 5) is 41.3. The molecular formula is C17H15N3O3. The maximum atomic E-state index is 12.2. The number of imide groups is 1. The van der Waals surface area contributed by atoms with Crippen molar-refractivity contribution in [2.75, 3.05) is 11.9 Å². The average molecular weight is 309 g/mol. The second-order valence-corrected chi connectivity index (χ2v) is 5.20. The number of aromatic nitrogens is 1. The number of benzene rings is 1. The third-order valence-corrected chi connectivity index (χ3v) is 3.63. The second-order valence-electron chi connectivity index (χ2n) is 5.20. The Kier molecular flexibility index (Phi) is 4.14. The van der Waals surface area contributed by atoms with Crippen molar-refractivity contribution in [3.05, 3.63) is 59.9 Å². The Morgan fingerprint density at radius 1 is 1.00 bits per heavy atom. The minimum absolute atomic E-state index is 0.159. The van der Waals surface area contributed by atoms with E-state index in [1.165, 1.54) is 4.90 Å². The minimum atomic E-state index is -0.292. The summed E-state index contributed by atoms with van der Waals surface area (Å²) in [5.41, 5.74) is 1.53. The average Bonchev–Trinajstić information content (AvgIpc) is 2.81. The highest BCUT2D eigenvalue weighted by atomic mass is 16.2. The van der Waals surface area contributed by atoms with E-state index in [2.05, 4.69) is 10.3 Å². The Hall–Kier alpha value is -3.02. The van der Waals surface area contributed by atoms with Crippen LogP contribution in [-0.4, -0.2) is 34.2 Å². The van der Waals surface area contributed by atoms with Crippen molar-refractivity contribution in [3.8, 4) is 0 Å². The predicted molar refractivity (Wildman–Crippen MR) is 83.9 cm³/mol. The summed E-state index contributed by atoms with van der Waals surface area (Å²) < 4.78 is 0. The fourth-order valence-electron chi connectivity index (χ4n) is 2.50. The largest absolute Gasteiger partial charge is 0.326 e. The lowest BCUT2D eigenvalue weighted by Gasteiger charge is -2.13. The zero-order valence-corrected chi connectivity index (χ0v) is 12.4. The van der Waals surface area contributed by atoms with Gasteiger partial charge in [0.05, 0.1) is 11.1 Å². The number of pyridine rings is 1. The first-order chi connectivity index (χ1) is 11.2. The van der Waals surface area contributed by atoms with E-state index < -0.39 is 0 Å². The van der Waals surface area contributed by atoms with Gasteiger partial charge in [-0.1, -0.05) is 12.1 Å². The molecule has 0 aliphatic carbocycles. The van der Waals surface area contributed by atoms with Crippen molar-refractivity contribution in [2.24, 2.45) is 0 Å². The summed E-state index contributed by atoms with van der Waals surface area (Å²) >= 11 is 0. The van der Waals surface area contributed by atoms with Gasteiger partial charge in [0.1, 0.15) is 0 Å². The zero-order chi connectivity index (χ0) is 16.2. The number of rotatable bonds is 5. The quantitative estimate of drug-likeness (QED) is 0.858. The fraction of sp³-hybridized carbons (Fsp3) is 0.176. The molecular weight excluding hydrogens is 294 g/mol. The standard InChI is InChI=1S/C17H15N3O3/c21-15(19-12-7-9-18-10-8-12)6-3-11-20-16(22)13-4-1-2-5-14(13)17(20)23/h1-2,4-5,7-10H,3,6,11H2,(H,18,19,21). The molecule has 0 fully saturated rings. The Bertz CT molecular complexity index is 724. The Labute approximate surface area is 133 Å². The molecule has 0 unspecified atom stereocenters. The van der Waals surface area contributed by atoms with Crippen LogP contribution in [0.5, 0.6) is 0 Å². The molecule has 0 bridgehead atoms. The molecule has 0 spiro atoms. The Balaban J connectivity index is 1.53. The van der Waals surface area contributed by atoms with Gasteiger partial charge in [0.2, 0.25) is 5.91 Å². The maximum Gasteiger partial charge on any atom is 0.261 e. The van der Waals surface area contributed by atoms with Crippen molar-refractivity contribution >= 4 is 23.4 Å². The van der Waals surface area contributed by atoms with Crippen LogP contribution in [0, 0.1) is 0 Å². The van der Waals surface area contributed by atoms with E-state index in [9.17, 15) is 14.4 Å². The summed E-state index contributed by atoms with van der Waals surface area (Å²) in [5.74, 6) is -0.743. The molecule has 2 heterocycles. The van der Waals surface area contributed by atoms with Crippen molar-refractivity contribution in [1.82, 2.24) is 9.88 Å². The lowest BCUT2D eigenvalue weighted by atomic mass is 10.1. The van der Waals surface area contributed by atoms with Crippen molar-refractivity contribution in [1.29, 1.82) is 0 Å². The zero-order valence-electron chi connectivity index (χ0n) is 12.4. The van der Waals surface area contributed by atoms with Gasteiger partial charge in [-0.05, 0) is 30.7 Å². The molecule has 3 rings (SSSR count). The summed E-state index contributed by atoms with van der Waals surface area (Å²) in [6.45, 7) is 0.232. The van der Waals surface area contributed by atoms with Gasteiger partial charge in [0.25, 0.3) is 11.8 Å². The predicted octanol–water partition coefficient (Wildman–Crippen LogP) is 2.10. The molecule has 2 aromatic rings. The van der Waals surface area contributed by atoms with Crippen LogP contribution in [0.3, 0.4) is 0 Å². The monoisotopic (exact) mass is 309 g/mol. The van der Waals surface area contributed by atoms with E-state index in [0.29, 0.717) is 23.2 Å². The third kappa shape index (κ3) is 3.11. The van der Waals surface area contributed by atoms with Crippen molar-refractivity contribution in [2.45, 2.75) is 12.8 Å². The second kappa shape index (κ2) is 6.39. The Morgan fingerprint density at radius 2 is 1.61 bits per heavy atom. The SMILES string of the molecule is O=C(CCCN1C(=O)c2ccccc2C1=O)Nc1ccncc1. The normalized spacial score (nSPS) is 13.1. The van der Waals surface area contributed by atoms with Gasteiger partial charge < -0.3 is 5.32 Å². The molecule has 6 heteroatoms. The number of carbonyl (C=O) groups excluding carboxylic acids is 3. The van der Waals surface area contributed by atoms with E-state index in [4.69, 9.17) is 0 Å². The lowest BCUT2D eigenvalue weighted by Crippen LogP contribution is -2.31. The molecule has 1 aromatic heterocycles.